The maximum Gasteiger partial charge on any atom is 0.243 e. The van der Waals surface area contributed by atoms with Crippen molar-refractivity contribution in [3.8, 4) is 0 Å². The fourth-order valence-corrected chi connectivity index (χ4v) is 2.86. The number of amides is 2. The number of rotatable bonds is 4. The zero-order chi connectivity index (χ0) is 17.0. The molecule has 1 aromatic carbocycles. The summed E-state index contributed by atoms with van der Waals surface area (Å²) < 4.78 is 5.22. The van der Waals surface area contributed by atoms with Gasteiger partial charge in [-0.2, -0.15) is 0 Å². The Kier molecular flexibility index (Phi) is 7.20. The van der Waals surface area contributed by atoms with Gasteiger partial charge >= 0.3 is 0 Å². The van der Waals surface area contributed by atoms with E-state index >= 15 is 0 Å². The quantitative estimate of drug-likeness (QED) is 0.764. The van der Waals surface area contributed by atoms with Gasteiger partial charge in [-0.25, -0.2) is 0 Å². The van der Waals surface area contributed by atoms with Gasteiger partial charge in [-0.05, 0) is 44.7 Å². The molecule has 7 heteroatoms. The minimum Gasteiger partial charge on any atom is -0.381 e. The number of carbonyl (C=O) groups excluding carboxylic acids is 2. The number of aryl methyl sites for hydroxylation is 3. The molecule has 24 heavy (non-hydrogen) atoms. The van der Waals surface area contributed by atoms with Gasteiger partial charge in [0.25, 0.3) is 0 Å². The van der Waals surface area contributed by atoms with Gasteiger partial charge in [-0.15, -0.1) is 12.4 Å². The number of nitrogens with two attached hydrogens (primary N) is 1. The summed E-state index contributed by atoms with van der Waals surface area (Å²) in [6.07, 6.45) is 0.938. The Morgan fingerprint density at radius 2 is 1.71 bits per heavy atom. The number of hydrogen-bond donors (Lipinski definition) is 3. The van der Waals surface area contributed by atoms with Gasteiger partial charge in [0.05, 0.1) is 12.1 Å². The first-order valence-corrected chi connectivity index (χ1v) is 7.84. The standard InChI is InChI=1S/C17H25N3O3.ClH/c1-11-8-12(2)15(13(3)9-11)20-14(21)10-19-16(22)17(18)4-6-23-7-5-17;/h8-9H,4-7,10,18H2,1-3H3,(H,19,22)(H,20,21);1H. The Bertz CT molecular complexity index is 590. The van der Waals surface area contributed by atoms with Crippen molar-refractivity contribution in [2.75, 3.05) is 25.1 Å². The van der Waals surface area contributed by atoms with Crippen molar-refractivity contribution in [2.24, 2.45) is 5.73 Å². The number of hydrogen-bond acceptors (Lipinski definition) is 4. The molecule has 0 bridgehead atoms. The third kappa shape index (κ3) is 4.93. The maximum atomic E-state index is 12.2. The number of halogens is 1. The topological polar surface area (TPSA) is 93.5 Å². The summed E-state index contributed by atoms with van der Waals surface area (Å²) in [6, 6.07) is 4.02. The first kappa shape index (κ1) is 20.4. The Balaban J connectivity index is 0.00000288. The molecular weight excluding hydrogens is 330 g/mol. The van der Waals surface area contributed by atoms with Crippen LogP contribution in [-0.4, -0.2) is 37.1 Å². The molecule has 4 N–H and O–H groups in total. The predicted molar refractivity (Wildman–Crippen MR) is 96.5 cm³/mol. The molecule has 134 valence electrons. The number of carbonyl (C=O) groups is 2. The van der Waals surface area contributed by atoms with Crippen molar-refractivity contribution in [3.63, 3.8) is 0 Å². The average Bonchev–Trinajstić information content (AvgIpc) is 2.49. The molecule has 2 rings (SSSR count). The molecule has 1 heterocycles. The van der Waals surface area contributed by atoms with E-state index in [4.69, 9.17) is 10.5 Å². The highest BCUT2D eigenvalue weighted by Gasteiger charge is 2.35. The van der Waals surface area contributed by atoms with E-state index in [9.17, 15) is 9.59 Å². The van der Waals surface area contributed by atoms with Crippen LogP contribution in [0, 0.1) is 20.8 Å². The molecule has 0 aliphatic carbocycles. The van der Waals surface area contributed by atoms with Crippen LogP contribution in [-0.2, 0) is 14.3 Å². The Labute approximate surface area is 148 Å². The van der Waals surface area contributed by atoms with Crippen LogP contribution < -0.4 is 16.4 Å². The monoisotopic (exact) mass is 355 g/mol. The second kappa shape index (κ2) is 8.46. The minimum absolute atomic E-state index is 0. The van der Waals surface area contributed by atoms with Gasteiger partial charge in [0.1, 0.15) is 0 Å². The fraction of sp³-hybridized carbons (Fsp3) is 0.529. The molecule has 0 atom stereocenters. The van der Waals surface area contributed by atoms with Gasteiger partial charge in [0.15, 0.2) is 0 Å². The van der Waals surface area contributed by atoms with Crippen LogP contribution in [0.15, 0.2) is 12.1 Å². The summed E-state index contributed by atoms with van der Waals surface area (Å²) in [5.41, 5.74) is 9.09. The summed E-state index contributed by atoms with van der Waals surface area (Å²) >= 11 is 0. The van der Waals surface area contributed by atoms with Crippen molar-refractivity contribution in [1.29, 1.82) is 0 Å². The normalized spacial score (nSPS) is 16.0. The molecule has 0 unspecified atom stereocenters. The second-order valence-corrected chi connectivity index (χ2v) is 6.27. The van der Waals surface area contributed by atoms with Crippen molar-refractivity contribution in [3.05, 3.63) is 28.8 Å². The largest absolute Gasteiger partial charge is 0.381 e. The highest BCUT2D eigenvalue weighted by Crippen LogP contribution is 2.22. The van der Waals surface area contributed by atoms with Gasteiger partial charge in [0, 0.05) is 18.9 Å². The second-order valence-electron chi connectivity index (χ2n) is 6.27. The summed E-state index contributed by atoms with van der Waals surface area (Å²) in [5, 5.41) is 5.49. The number of nitrogens with one attached hydrogen (secondary N) is 2. The molecule has 1 fully saturated rings. The lowest BCUT2D eigenvalue weighted by molar-refractivity contribution is -0.131. The Morgan fingerprint density at radius 1 is 1.17 bits per heavy atom. The molecule has 6 nitrogen and oxygen atoms in total. The maximum absolute atomic E-state index is 12.2. The van der Waals surface area contributed by atoms with Gasteiger partial charge in [-0.1, -0.05) is 17.7 Å². The van der Waals surface area contributed by atoms with E-state index in [1.165, 1.54) is 0 Å². The molecule has 0 radical (unpaired) electrons. The summed E-state index contributed by atoms with van der Waals surface area (Å²) in [6.45, 7) is 6.76. The molecule has 1 aliphatic heterocycles. The molecule has 1 aromatic rings. The van der Waals surface area contributed by atoms with E-state index < -0.39 is 5.54 Å². The van der Waals surface area contributed by atoms with Crippen molar-refractivity contribution >= 4 is 29.9 Å². The minimum atomic E-state index is -0.936. The Morgan fingerprint density at radius 3 is 2.25 bits per heavy atom. The molecule has 1 aliphatic rings. The Hall–Kier alpha value is -1.63. The van der Waals surface area contributed by atoms with Crippen LogP contribution in [0.5, 0.6) is 0 Å². The summed E-state index contributed by atoms with van der Waals surface area (Å²) in [4.78, 5) is 24.3. The van der Waals surface area contributed by atoms with Crippen LogP contribution in [0.25, 0.3) is 0 Å². The number of benzene rings is 1. The van der Waals surface area contributed by atoms with Gasteiger partial charge in [-0.3, -0.25) is 9.59 Å². The van der Waals surface area contributed by atoms with Crippen LogP contribution >= 0.6 is 12.4 Å². The highest BCUT2D eigenvalue weighted by molar-refractivity contribution is 5.97. The first-order chi connectivity index (χ1) is 10.8. The van der Waals surface area contributed by atoms with Crippen molar-refractivity contribution < 1.29 is 14.3 Å². The summed E-state index contributed by atoms with van der Waals surface area (Å²) in [7, 11) is 0. The first-order valence-electron chi connectivity index (χ1n) is 7.84. The zero-order valence-corrected chi connectivity index (χ0v) is 15.2. The van der Waals surface area contributed by atoms with Crippen molar-refractivity contribution in [2.45, 2.75) is 39.2 Å². The van der Waals surface area contributed by atoms with E-state index in [2.05, 4.69) is 10.6 Å². The van der Waals surface area contributed by atoms with Gasteiger partial charge < -0.3 is 21.1 Å². The average molecular weight is 356 g/mol. The SMILES string of the molecule is Cc1cc(C)c(NC(=O)CNC(=O)C2(N)CCOCC2)c(C)c1.Cl. The number of anilines is 1. The third-order valence-corrected chi connectivity index (χ3v) is 4.19. The van der Waals surface area contributed by atoms with Crippen LogP contribution in [0.2, 0.25) is 0 Å². The lowest BCUT2D eigenvalue weighted by atomic mass is 9.90. The van der Waals surface area contributed by atoms with Crippen molar-refractivity contribution in [1.82, 2.24) is 5.32 Å². The molecule has 2 amide bonds. The smallest absolute Gasteiger partial charge is 0.243 e. The molecule has 0 spiro atoms. The van der Waals surface area contributed by atoms with E-state index in [0.29, 0.717) is 26.1 Å². The lowest BCUT2D eigenvalue weighted by Crippen LogP contribution is -2.57. The highest BCUT2D eigenvalue weighted by atomic mass is 35.5. The van der Waals surface area contributed by atoms with E-state index in [0.717, 1.165) is 22.4 Å². The van der Waals surface area contributed by atoms with E-state index in [-0.39, 0.29) is 30.8 Å². The molecule has 1 saturated heterocycles. The predicted octanol–water partition coefficient (Wildman–Crippen LogP) is 1.60. The van der Waals surface area contributed by atoms with E-state index in [1.54, 1.807) is 0 Å². The van der Waals surface area contributed by atoms with E-state index in [1.807, 2.05) is 32.9 Å². The van der Waals surface area contributed by atoms with Crippen LogP contribution in [0.3, 0.4) is 0 Å². The summed E-state index contributed by atoms with van der Waals surface area (Å²) in [5.74, 6) is -0.558. The van der Waals surface area contributed by atoms with Gasteiger partial charge in [0.2, 0.25) is 11.8 Å². The lowest BCUT2D eigenvalue weighted by Gasteiger charge is -2.31. The number of ether oxygens (including phenoxy) is 1. The third-order valence-electron chi connectivity index (χ3n) is 4.19. The molecule has 0 aromatic heterocycles. The fourth-order valence-electron chi connectivity index (χ4n) is 2.86. The zero-order valence-electron chi connectivity index (χ0n) is 14.4. The molecule has 0 saturated carbocycles. The molecular formula is C17H26ClN3O3. The van der Waals surface area contributed by atoms with Crippen LogP contribution in [0.4, 0.5) is 5.69 Å². The van der Waals surface area contributed by atoms with Crippen LogP contribution in [0.1, 0.15) is 29.5 Å².